The van der Waals surface area contributed by atoms with Crippen molar-refractivity contribution >= 4 is 40.7 Å². The minimum absolute atomic E-state index is 0. The molecule has 0 amide bonds. The van der Waals surface area contributed by atoms with Crippen LogP contribution >= 0.6 is 40.7 Å². The predicted molar refractivity (Wildman–Crippen MR) is 95.2 cm³/mol. The molecule has 1 saturated heterocycles. The van der Waals surface area contributed by atoms with Crippen molar-refractivity contribution in [3.05, 3.63) is 46.7 Å². The molecule has 1 aromatic carbocycles. The molecular formula is C15H22BrCl2FN2. The van der Waals surface area contributed by atoms with E-state index in [9.17, 15) is 4.39 Å². The van der Waals surface area contributed by atoms with Crippen LogP contribution in [-0.4, -0.2) is 31.1 Å². The second-order valence-electron chi connectivity index (χ2n) is 4.80. The van der Waals surface area contributed by atoms with E-state index >= 15 is 0 Å². The maximum atomic E-state index is 14.2. The molecule has 1 N–H and O–H groups in total. The van der Waals surface area contributed by atoms with Gasteiger partial charge in [0, 0.05) is 42.3 Å². The Morgan fingerprint density at radius 1 is 1.33 bits per heavy atom. The highest BCUT2D eigenvalue weighted by Gasteiger charge is 2.25. The van der Waals surface area contributed by atoms with Crippen molar-refractivity contribution in [2.24, 2.45) is 0 Å². The zero-order chi connectivity index (χ0) is 13.7. The number of halogens is 4. The molecule has 1 aliphatic rings. The van der Waals surface area contributed by atoms with Crippen LogP contribution in [0.4, 0.5) is 4.39 Å². The van der Waals surface area contributed by atoms with Crippen LogP contribution in [0.1, 0.15) is 24.4 Å². The Hall–Kier alpha value is -0.130. The molecule has 1 atom stereocenters. The zero-order valence-electron chi connectivity index (χ0n) is 11.9. The van der Waals surface area contributed by atoms with Crippen molar-refractivity contribution in [1.29, 1.82) is 0 Å². The van der Waals surface area contributed by atoms with Crippen LogP contribution in [0.2, 0.25) is 0 Å². The molecule has 6 heteroatoms. The van der Waals surface area contributed by atoms with Gasteiger partial charge in [-0.2, -0.15) is 0 Å². The van der Waals surface area contributed by atoms with E-state index in [0.29, 0.717) is 0 Å². The van der Waals surface area contributed by atoms with Gasteiger partial charge in [-0.25, -0.2) is 4.39 Å². The van der Waals surface area contributed by atoms with Crippen molar-refractivity contribution in [3.8, 4) is 0 Å². The third kappa shape index (κ3) is 5.53. The van der Waals surface area contributed by atoms with E-state index in [2.05, 4.69) is 32.7 Å². The molecular weight excluding hydrogens is 378 g/mol. The van der Waals surface area contributed by atoms with E-state index in [1.54, 1.807) is 12.1 Å². The summed E-state index contributed by atoms with van der Waals surface area (Å²) in [4.78, 5) is 2.36. The van der Waals surface area contributed by atoms with Gasteiger partial charge < -0.3 is 5.32 Å². The van der Waals surface area contributed by atoms with E-state index in [-0.39, 0.29) is 36.7 Å². The summed E-state index contributed by atoms with van der Waals surface area (Å²) in [6.45, 7) is 7.64. The molecule has 21 heavy (non-hydrogen) atoms. The molecule has 0 unspecified atom stereocenters. The highest BCUT2D eigenvalue weighted by molar-refractivity contribution is 9.10. The van der Waals surface area contributed by atoms with Gasteiger partial charge >= 0.3 is 0 Å². The largest absolute Gasteiger partial charge is 0.314 e. The number of allylic oxidation sites excluding steroid dienone is 1. The highest BCUT2D eigenvalue weighted by Crippen LogP contribution is 2.33. The van der Waals surface area contributed by atoms with Crippen LogP contribution in [0.3, 0.4) is 0 Å². The second-order valence-corrected chi connectivity index (χ2v) is 5.66. The second kappa shape index (κ2) is 10.6. The van der Waals surface area contributed by atoms with Crippen LogP contribution in [0, 0.1) is 5.82 Å². The topological polar surface area (TPSA) is 15.3 Å². The number of benzene rings is 1. The van der Waals surface area contributed by atoms with Gasteiger partial charge in [0.2, 0.25) is 0 Å². The van der Waals surface area contributed by atoms with Crippen LogP contribution in [0.15, 0.2) is 35.3 Å². The van der Waals surface area contributed by atoms with Crippen LogP contribution < -0.4 is 5.32 Å². The van der Waals surface area contributed by atoms with Crippen molar-refractivity contribution in [3.63, 3.8) is 0 Å². The standard InChI is InChI=1S/C15H20BrFN2.2ClH/c1-2-3-7-14(19-10-8-18-9-11-19)15-12(16)5-4-6-13(15)17;;/h2,4-6,14,18H,1,3,7-11H2;2*1H/t14-;;/m1../s1. The average molecular weight is 400 g/mol. The third-order valence-electron chi connectivity index (χ3n) is 3.57. The Morgan fingerprint density at radius 2 is 2.00 bits per heavy atom. The molecule has 2 rings (SSSR count). The maximum absolute atomic E-state index is 14.2. The third-order valence-corrected chi connectivity index (χ3v) is 4.26. The molecule has 1 heterocycles. The van der Waals surface area contributed by atoms with Gasteiger partial charge in [-0.3, -0.25) is 4.90 Å². The smallest absolute Gasteiger partial charge is 0.129 e. The van der Waals surface area contributed by atoms with Crippen molar-refractivity contribution in [2.75, 3.05) is 26.2 Å². The summed E-state index contributed by atoms with van der Waals surface area (Å²) in [6, 6.07) is 5.33. The summed E-state index contributed by atoms with van der Waals surface area (Å²) in [5.41, 5.74) is 0.784. The summed E-state index contributed by atoms with van der Waals surface area (Å²) in [6.07, 6.45) is 3.71. The first-order chi connectivity index (χ1) is 9.24. The van der Waals surface area contributed by atoms with E-state index in [0.717, 1.165) is 49.1 Å². The van der Waals surface area contributed by atoms with Crippen LogP contribution in [0.5, 0.6) is 0 Å². The summed E-state index contributed by atoms with van der Waals surface area (Å²) in [5, 5.41) is 3.34. The van der Waals surface area contributed by atoms with Gasteiger partial charge in [0.1, 0.15) is 5.82 Å². The molecule has 2 nitrogen and oxygen atoms in total. The molecule has 0 aromatic heterocycles. The van der Waals surface area contributed by atoms with Crippen LogP contribution in [0.25, 0.3) is 0 Å². The SMILES string of the molecule is C=CCC[C@H](c1c(F)cccc1Br)N1CCNCC1.Cl.Cl. The number of nitrogens with zero attached hydrogens (tertiary/aromatic N) is 1. The van der Waals surface area contributed by atoms with Gasteiger partial charge in [-0.05, 0) is 25.0 Å². The van der Waals surface area contributed by atoms with Gasteiger partial charge in [-0.15, -0.1) is 31.4 Å². The van der Waals surface area contributed by atoms with Crippen molar-refractivity contribution < 1.29 is 4.39 Å². The first kappa shape index (κ1) is 20.9. The molecule has 1 fully saturated rings. The summed E-state index contributed by atoms with van der Waals surface area (Å²) in [7, 11) is 0. The minimum Gasteiger partial charge on any atom is -0.314 e. The monoisotopic (exact) mass is 398 g/mol. The van der Waals surface area contributed by atoms with Gasteiger partial charge in [0.05, 0.1) is 0 Å². The van der Waals surface area contributed by atoms with E-state index < -0.39 is 0 Å². The quantitative estimate of drug-likeness (QED) is 0.740. The number of rotatable bonds is 5. The molecule has 120 valence electrons. The number of hydrogen-bond acceptors (Lipinski definition) is 2. The van der Waals surface area contributed by atoms with Gasteiger partial charge in [0.25, 0.3) is 0 Å². The van der Waals surface area contributed by atoms with Gasteiger partial charge in [0.15, 0.2) is 0 Å². The van der Waals surface area contributed by atoms with E-state index in [1.807, 2.05) is 12.1 Å². The van der Waals surface area contributed by atoms with Gasteiger partial charge in [-0.1, -0.05) is 28.1 Å². The van der Waals surface area contributed by atoms with E-state index in [1.165, 1.54) is 0 Å². The number of piperazine rings is 1. The summed E-state index contributed by atoms with van der Waals surface area (Å²) >= 11 is 3.50. The first-order valence-corrected chi connectivity index (χ1v) is 7.53. The normalized spacial score (nSPS) is 16.5. The number of nitrogens with one attached hydrogen (secondary N) is 1. The Balaban J connectivity index is 0.00000200. The Labute approximate surface area is 147 Å². The van der Waals surface area contributed by atoms with Crippen molar-refractivity contribution in [1.82, 2.24) is 10.2 Å². The Bertz CT molecular complexity index is 419. The van der Waals surface area contributed by atoms with E-state index in [4.69, 9.17) is 0 Å². The average Bonchev–Trinajstić information content (AvgIpc) is 2.43. The van der Waals surface area contributed by atoms with Crippen molar-refractivity contribution in [2.45, 2.75) is 18.9 Å². The molecule has 0 radical (unpaired) electrons. The maximum Gasteiger partial charge on any atom is 0.129 e. The fraction of sp³-hybridized carbons (Fsp3) is 0.467. The fourth-order valence-corrected chi connectivity index (χ4v) is 3.21. The first-order valence-electron chi connectivity index (χ1n) is 6.73. The molecule has 0 aliphatic carbocycles. The molecule has 0 spiro atoms. The molecule has 1 aromatic rings. The lowest BCUT2D eigenvalue weighted by Gasteiger charge is -2.35. The minimum atomic E-state index is -0.123. The lowest BCUT2D eigenvalue weighted by Crippen LogP contribution is -2.45. The molecule has 0 bridgehead atoms. The Kier molecular flexibility index (Phi) is 10.5. The molecule has 0 saturated carbocycles. The summed E-state index contributed by atoms with van der Waals surface area (Å²) in [5.74, 6) is -0.123. The molecule has 1 aliphatic heterocycles. The highest BCUT2D eigenvalue weighted by atomic mass is 79.9. The van der Waals surface area contributed by atoms with Crippen LogP contribution in [-0.2, 0) is 0 Å². The number of hydrogen-bond donors (Lipinski definition) is 1. The fourth-order valence-electron chi connectivity index (χ4n) is 2.61. The predicted octanol–water partition coefficient (Wildman–Crippen LogP) is 4.34. The summed E-state index contributed by atoms with van der Waals surface area (Å²) < 4.78 is 15.0. The zero-order valence-corrected chi connectivity index (χ0v) is 15.1. The lowest BCUT2D eigenvalue weighted by atomic mass is 9.99. The Morgan fingerprint density at radius 3 is 2.57 bits per heavy atom. The lowest BCUT2D eigenvalue weighted by molar-refractivity contribution is 0.162.